The summed E-state index contributed by atoms with van der Waals surface area (Å²) >= 11 is 0. The summed E-state index contributed by atoms with van der Waals surface area (Å²) in [6.45, 7) is 0. The summed E-state index contributed by atoms with van der Waals surface area (Å²) in [6, 6.07) is 13.6. The Balaban J connectivity index is 1.56. The molecule has 4 rings (SSSR count). The van der Waals surface area contributed by atoms with Gasteiger partial charge in [0.25, 0.3) is 0 Å². The third-order valence-corrected chi connectivity index (χ3v) is 5.76. The van der Waals surface area contributed by atoms with Crippen LogP contribution >= 0.6 is 0 Å². The number of hydrogen-bond acceptors (Lipinski definition) is 9. The summed E-state index contributed by atoms with van der Waals surface area (Å²) in [5.74, 6) is -1.70. The molecule has 0 amide bonds. The van der Waals surface area contributed by atoms with Crippen LogP contribution in [0.4, 0.5) is 0 Å². The minimum absolute atomic E-state index is 0.0402. The molecule has 10 heteroatoms. The van der Waals surface area contributed by atoms with Crippen molar-refractivity contribution in [1.82, 2.24) is 0 Å². The molecule has 1 aromatic heterocycles. The molecule has 0 radical (unpaired) electrons. The van der Waals surface area contributed by atoms with E-state index in [2.05, 4.69) is 0 Å². The van der Waals surface area contributed by atoms with Crippen LogP contribution in [0.1, 0.15) is 11.1 Å². The minimum atomic E-state index is -1.48. The molecule has 0 bridgehead atoms. The Bertz CT molecular complexity index is 1530. The maximum Gasteiger partial charge on any atom is 0.345 e. The smallest absolute Gasteiger partial charge is 0.345 e. The van der Waals surface area contributed by atoms with Gasteiger partial charge in [-0.1, -0.05) is 12.1 Å². The number of ether oxygens (including phenoxy) is 3. The molecule has 1 atom stereocenters. The maximum absolute atomic E-state index is 12.5. The largest absolute Gasteiger partial charge is 0.504 e. The van der Waals surface area contributed by atoms with Gasteiger partial charge in [0, 0.05) is 23.4 Å². The molecule has 0 saturated heterocycles. The first kappa shape index (κ1) is 26.0. The van der Waals surface area contributed by atoms with Crippen molar-refractivity contribution >= 4 is 29.0 Å². The van der Waals surface area contributed by atoms with E-state index in [0.29, 0.717) is 27.8 Å². The van der Waals surface area contributed by atoms with Crippen molar-refractivity contribution in [3.63, 3.8) is 0 Å². The number of esters is 1. The minimum Gasteiger partial charge on any atom is -0.504 e. The highest BCUT2D eigenvalue weighted by atomic mass is 16.6. The normalized spacial score (nSPS) is 11.9. The van der Waals surface area contributed by atoms with Gasteiger partial charge >= 0.3 is 11.9 Å². The van der Waals surface area contributed by atoms with Crippen LogP contribution in [0.3, 0.4) is 0 Å². The highest BCUT2D eigenvalue weighted by Crippen LogP contribution is 2.38. The quantitative estimate of drug-likeness (QED) is 0.183. The number of benzene rings is 3. The highest BCUT2D eigenvalue weighted by Gasteiger charge is 2.23. The number of aliphatic carboxylic acids is 1. The number of carboxylic acids is 1. The SMILES string of the molecule is COc1cc(CC(OC(=O)/C=C/c2ccc(O)c3oc(-c4ccc(O)c(OC)c4)cc23)C(=O)O)ccc1O. The Labute approximate surface area is 216 Å². The zero-order valence-corrected chi connectivity index (χ0v) is 20.4. The average Bonchev–Trinajstić information content (AvgIpc) is 3.36. The van der Waals surface area contributed by atoms with Gasteiger partial charge in [-0.3, -0.25) is 0 Å². The fraction of sp³-hybridized carbons (Fsp3) is 0.143. The lowest BCUT2D eigenvalue weighted by molar-refractivity contribution is -0.160. The first-order valence-corrected chi connectivity index (χ1v) is 11.3. The second-order valence-corrected chi connectivity index (χ2v) is 8.22. The molecule has 4 aromatic rings. The Morgan fingerprint density at radius 2 is 1.55 bits per heavy atom. The van der Waals surface area contributed by atoms with Gasteiger partial charge in [-0.25, -0.2) is 9.59 Å². The molecule has 0 aliphatic heterocycles. The second-order valence-electron chi connectivity index (χ2n) is 8.22. The van der Waals surface area contributed by atoms with Crippen LogP contribution in [0.5, 0.6) is 28.7 Å². The van der Waals surface area contributed by atoms with Crippen LogP contribution in [0.25, 0.3) is 28.4 Å². The monoisotopic (exact) mass is 520 g/mol. The molecule has 0 fully saturated rings. The Morgan fingerprint density at radius 1 is 0.895 bits per heavy atom. The molecule has 38 heavy (non-hydrogen) atoms. The number of rotatable bonds is 9. The lowest BCUT2D eigenvalue weighted by Gasteiger charge is -2.13. The number of carbonyl (C=O) groups is 2. The molecule has 196 valence electrons. The van der Waals surface area contributed by atoms with Crippen LogP contribution in [-0.2, 0) is 20.7 Å². The van der Waals surface area contributed by atoms with E-state index in [4.69, 9.17) is 18.6 Å². The standard InChI is InChI=1S/C28H24O10/c1-35-23-11-15(3-7-19(23)29)12-25(28(33)34)37-26(32)10-6-16-4-9-21(31)27-18(16)14-22(38-27)17-5-8-20(30)24(13-17)36-2/h3-11,13-14,25,29-31H,12H2,1-2H3,(H,33,34)/b10-6+. The zero-order valence-electron chi connectivity index (χ0n) is 20.4. The van der Waals surface area contributed by atoms with Crippen LogP contribution < -0.4 is 9.47 Å². The van der Waals surface area contributed by atoms with Crippen LogP contribution in [-0.4, -0.2) is 52.7 Å². The summed E-state index contributed by atoms with van der Waals surface area (Å²) in [4.78, 5) is 24.2. The van der Waals surface area contributed by atoms with Gasteiger partial charge in [0.2, 0.25) is 6.10 Å². The number of methoxy groups -OCH3 is 2. The first-order valence-electron chi connectivity index (χ1n) is 11.3. The van der Waals surface area contributed by atoms with Crippen molar-refractivity contribution in [2.75, 3.05) is 14.2 Å². The van der Waals surface area contributed by atoms with Gasteiger partial charge in [0.05, 0.1) is 14.2 Å². The number of hydrogen-bond donors (Lipinski definition) is 4. The molecule has 0 aliphatic rings. The molecule has 0 aliphatic carbocycles. The molecule has 0 saturated carbocycles. The van der Waals surface area contributed by atoms with E-state index < -0.39 is 18.0 Å². The van der Waals surface area contributed by atoms with E-state index >= 15 is 0 Å². The molecular formula is C28H24O10. The molecule has 0 spiro atoms. The maximum atomic E-state index is 12.5. The van der Waals surface area contributed by atoms with E-state index in [9.17, 15) is 30.0 Å². The van der Waals surface area contributed by atoms with E-state index in [1.165, 1.54) is 50.6 Å². The van der Waals surface area contributed by atoms with Gasteiger partial charge < -0.3 is 39.1 Å². The van der Waals surface area contributed by atoms with Crippen molar-refractivity contribution in [3.8, 4) is 40.1 Å². The lowest BCUT2D eigenvalue weighted by Crippen LogP contribution is -2.28. The van der Waals surface area contributed by atoms with Gasteiger partial charge in [-0.2, -0.15) is 0 Å². The third kappa shape index (κ3) is 5.49. The Kier molecular flexibility index (Phi) is 7.43. The number of carboxylic acid groups (broad SMARTS) is 1. The summed E-state index contributed by atoms with van der Waals surface area (Å²) in [5, 5.41) is 39.9. The van der Waals surface area contributed by atoms with E-state index in [1.807, 2.05) is 0 Å². The number of aromatic hydroxyl groups is 3. The summed E-state index contributed by atoms with van der Waals surface area (Å²) in [6.07, 6.45) is 0.876. The van der Waals surface area contributed by atoms with Gasteiger partial charge in [-0.15, -0.1) is 0 Å². The van der Waals surface area contributed by atoms with Gasteiger partial charge in [0.1, 0.15) is 5.76 Å². The van der Waals surface area contributed by atoms with Crippen LogP contribution in [0.15, 0.2) is 65.1 Å². The van der Waals surface area contributed by atoms with E-state index in [-0.39, 0.29) is 40.8 Å². The number of furan rings is 1. The van der Waals surface area contributed by atoms with E-state index in [0.717, 1.165) is 6.08 Å². The third-order valence-electron chi connectivity index (χ3n) is 5.76. The van der Waals surface area contributed by atoms with Gasteiger partial charge in [0.15, 0.2) is 34.3 Å². The average molecular weight is 520 g/mol. The Hall–Kier alpha value is -5.12. The van der Waals surface area contributed by atoms with Crippen molar-refractivity contribution in [3.05, 3.63) is 71.8 Å². The molecule has 3 aromatic carbocycles. The number of fused-ring (bicyclic) bond motifs is 1. The first-order chi connectivity index (χ1) is 18.2. The summed E-state index contributed by atoms with van der Waals surface area (Å²) in [7, 11) is 2.78. The number of phenolic OH excluding ortho intramolecular Hbond substituents is 3. The molecule has 4 N–H and O–H groups in total. The lowest BCUT2D eigenvalue weighted by atomic mass is 10.1. The van der Waals surface area contributed by atoms with Gasteiger partial charge in [-0.05, 0) is 59.7 Å². The van der Waals surface area contributed by atoms with Crippen molar-refractivity contribution < 1.29 is 48.6 Å². The van der Waals surface area contributed by atoms with Crippen LogP contribution in [0.2, 0.25) is 0 Å². The molecule has 10 nitrogen and oxygen atoms in total. The van der Waals surface area contributed by atoms with E-state index in [1.54, 1.807) is 24.3 Å². The molecular weight excluding hydrogens is 496 g/mol. The number of carbonyl (C=O) groups excluding carboxylic acids is 1. The zero-order chi connectivity index (χ0) is 27.4. The predicted molar refractivity (Wildman–Crippen MR) is 136 cm³/mol. The summed E-state index contributed by atoms with van der Waals surface area (Å²) in [5.41, 5.74) is 1.75. The Morgan fingerprint density at radius 3 is 2.24 bits per heavy atom. The van der Waals surface area contributed by atoms with Crippen molar-refractivity contribution in [1.29, 1.82) is 0 Å². The second kappa shape index (κ2) is 10.9. The fourth-order valence-electron chi connectivity index (χ4n) is 3.83. The number of phenols is 3. The predicted octanol–water partition coefficient (Wildman–Crippen LogP) is 4.49. The van der Waals surface area contributed by atoms with Crippen LogP contribution in [0, 0.1) is 0 Å². The highest BCUT2D eigenvalue weighted by molar-refractivity contribution is 5.97. The molecule has 1 unspecified atom stereocenters. The summed E-state index contributed by atoms with van der Waals surface area (Å²) < 4.78 is 21.1. The fourth-order valence-corrected chi connectivity index (χ4v) is 3.83. The topological polar surface area (TPSA) is 156 Å². The van der Waals surface area contributed by atoms with Crippen molar-refractivity contribution in [2.24, 2.45) is 0 Å². The van der Waals surface area contributed by atoms with Crippen molar-refractivity contribution in [2.45, 2.75) is 12.5 Å². The molecule has 1 heterocycles.